The Morgan fingerprint density at radius 3 is 1.75 bits per heavy atom. The van der Waals surface area contributed by atoms with Crippen LogP contribution in [0.25, 0.3) is 0 Å². The number of rotatable bonds is 8. The van der Waals surface area contributed by atoms with Gasteiger partial charge in [0.2, 0.25) is 0 Å². The Balaban J connectivity index is 1.76. The van der Waals surface area contributed by atoms with Crippen LogP contribution in [0.15, 0.2) is 87.5 Å². The van der Waals surface area contributed by atoms with Crippen molar-refractivity contribution < 1.29 is 62.3 Å². The van der Waals surface area contributed by atoms with E-state index in [9.17, 15) is 43.5 Å². The summed E-state index contributed by atoms with van der Waals surface area (Å²) in [6.07, 6.45) is -2.26. The highest BCUT2D eigenvalue weighted by molar-refractivity contribution is 7.97. The molecule has 2 atom stereocenters. The zero-order chi connectivity index (χ0) is 36.1. The summed E-state index contributed by atoms with van der Waals surface area (Å²) in [4.78, 5) is 1.75. The Morgan fingerprint density at radius 1 is 0.812 bits per heavy atom. The molecule has 16 heteroatoms. The van der Waals surface area contributed by atoms with Crippen LogP contribution in [0, 0.1) is 0 Å². The zero-order valence-corrected chi connectivity index (χ0v) is 27.9. The topological polar surface area (TPSA) is 82.1 Å². The maximum atomic E-state index is 14.3. The van der Waals surface area contributed by atoms with Gasteiger partial charge in [-0.05, 0) is 67.3 Å². The van der Waals surface area contributed by atoms with Gasteiger partial charge in [0.1, 0.15) is 19.0 Å². The number of hydrogen-bond acceptors (Lipinski definition) is 5. The van der Waals surface area contributed by atoms with Gasteiger partial charge >= 0.3 is 33.1 Å². The molecule has 1 saturated heterocycles. The highest BCUT2D eigenvalue weighted by atomic mass is 32.2. The molecule has 0 saturated carbocycles. The number of alkyl halides is 8. The van der Waals surface area contributed by atoms with Crippen LogP contribution >= 0.6 is 0 Å². The summed E-state index contributed by atoms with van der Waals surface area (Å²) in [5, 5.41) is -4.60. The number of halogens is 8. The van der Waals surface area contributed by atoms with Crippen LogP contribution in [0.1, 0.15) is 45.7 Å². The average Bonchev–Trinajstić information content (AvgIpc) is 2.99. The molecule has 1 aliphatic heterocycles. The fourth-order valence-electron chi connectivity index (χ4n) is 4.66. The van der Waals surface area contributed by atoms with Gasteiger partial charge in [-0.3, -0.25) is 4.55 Å². The first kappa shape index (κ1) is 37.9. The van der Waals surface area contributed by atoms with Gasteiger partial charge in [0.15, 0.2) is 26.6 Å². The van der Waals surface area contributed by atoms with Gasteiger partial charge in [-0.15, -0.1) is 0 Å². The third-order valence-electron chi connectivity index (χ3n) is 7.72. The monoisotopic (exact) mass is 729 g/mol. The Kier molecular flexibility index (Phi) is 10.1. The largest absolute Gasteiger partial charge is 0.483 e. The summed E-state index contributed by atoms with van der Waals surface area (Å²) >= 11 is 0. The first-order valence-electron chi connectivity index (χ1n) is 14.3. The van der Waals surface area contributed by atoms with Crippen molar-refractivity contribution in [2.45, 2.75) is 89.6 Å². The second-order valence-corrected chi connectivity index (χ2v) is 15.9. The summed E-state index contributed by atoms with van der Waals surface area (Å²) in [6, 6.07) is 19.0. The molecule has 0 bridgehead atoms. The van der Waals surface area contributed by atoms with E-state index in [1.165, 1.54) is 42.5 Å². The fraction of sp³-hybridized carbons (Fsp3) is 0.438. The molecular formula is C32H33F8O6S2+. The smallest absolute Gasteiger partial charge is 0.405 e. The Bertz CT molecular complexity index is 1690. The van der Waals surface area contributed by atoms with Crippen LogP contribution in [-0.2, 0) is 41.7 Å². The van der Waals surface area contributed by atoms with Crippen molar-refractivity contribution in [3.63, 3.8) is 0 Å². The lowest BCUT2D eigenvalue weighted by atomic mass is 9.87. The van der Waals surface area contributed by atoms with Gasteiger partial charge in [-0.2, -0.15) is 43.5 Å². The predicted molar refractivity (Wildman–Crippen MR) is 161 cm³/mol. The summed E-state index contributed by atoms with van der Waals surface area (Å²) in [5.41, 5.74) is 0.754. The van der Waals surface area contributed by atoms with Crippen molar-refractivity contribution in [2.75, 3.05) is 13.2 Å². The summed E-state index contributed by atoms with van der Waals surface area (Å²) in [6.45, 7) is 3.73. The molecule has 0 radical (unpaired) electrons. The lowest BCUT2D eigenvalue weighted by Gasteiger charge is -2.40. The molecule has 3 aromatic rings. The molecule has 1 heterocycles. The molecule has 3 aromatic carbocycles. The fourth-order valence-corrected chi connectivity index (χ4v) is 7.22. The second kappa shape index (κ2) is 12.8. The van der Waals surface area contributed by atoms with Crippen LogP contribution in [0.2, 0.25) is 0 Å². The lowest BCUT2D eigenvalue weighted by Crippen LogP contribution is -2.61. The highest BCUT2D eigenvalue weighted by Gasteiger charge is 2.73. The van der Waals surface area contributed by atoms with Gasteiger partial charge in [0, 0.05) is 11.6 Å². The van der Waals surface area contributed by atoms with E-state index >= 15 is 0 Å². The van der Waals surface area contributed by atoms with E-state index in [4.69, 9.17) is 18.8 Å². The van der Waals surface area contributed by atoms with Crippen molar-refractivity contribution in [3.8, 4) is 5.75 Å². The van der Waals surface area contributed by atoms with Crippen LogP contribution < -0.4 is 4.74 Å². The van der Waals surface area contributed by atoms with E-state index in [2.05, 4.69) is 0 Å². The number of ether oxygens (including phenoxy) is 3. The lowest BCUT2D eigenvalue weighted by molar-refractivity contribution is -0.387. The third-order valence-corrected chi connectivity index (χ3v) is 10.9. The minimum Gasteiger partial charge on any atom is -0.483 e. The van der Waals surface area contributed by atoms with E-state index in [1.54, 1.807) is 6.07 Å². The molecule has 0 spiro atoms. The van der Waals surface area contributed by atoms with E-state index in [0.717, 1.165) is 19.4 Å². The van der Waals surface area contributed by atoms with Gasteiger partial charge in [0.05, 0.1) is 10.9 Å². The first-order chi connectivity index (χ1) is 21.8. The summed E-state index contributed by atoms with van der Waals surface area (Å²) in [5.74, 6) is -18.6. The van der Waals surface area contributed by atoms with E-state index < -0.39 is 69.1 Å². The predicted octanol–water partition coefficient (Wildman–Crippen LogP) is 8.45. The van der Waals surface area contributed by atoms with Crippen LogP contribution in [-0.4, -0.2) is 55.3 Å². The molecular weight excluding hydrogens is 696 g/mol. The minimum atomic E-state index is -5.77. The molecule has 4 rings (SSSR count). The van der Waals surface area contributed by atoms with Crippen LogP contribution in [0.3, 0.4) is 0 Å². The van der Waals surface area contributed by atoms with Crippen molar-refractivity contribution in [1.82, 2.24) is 0 Å². The van der Waals surface area contributed by atoms with Crippen molar-refractivity contribution in [3.05, 3.63) is 83.9 Å². The molecule has 264 valence electrons. The Morgan fingerprint density at radius 2 is 1.29 bits per heavy atom. The van der Waals surface area contributed by atoms with E-state index in [1.807, 2.05) is 45.0 Å². The summed E-state index contributed by atoms with van der Waals surface area (Å²) in [7, 11) is -6.82. The summed E-state index contributed by atoms with van der Waals surface area (Å²) < 4.78 is 160. The standard InChI is InChI=1S/C32H32F8O6S2/c1-20(31(37,38)48(41,42)43)46-23-11-15-25(16-12-23)47(24-13-9-21(10-14-24)27(2,3)4)26-8-6-7-22(17-26)28(5)44-18-29(33,34)32(39,40)30(35,36)19-45-28/h6-17,20H,18-19H2,1-5H3/p+1. The molecule has 1 fully saturated rings. The number of hydrogen-bond donors (Lipinski definition) is 1. The molecule has 6 nitrogen and oxygen atoms in total. The van der Waals surface area contributed by atoms with E-state index in [-0.39, 0.29) is 16.7 Å². The minimum absolute atomic E-state index is 0.0261. The van der Waals surface area contributed by atoms with Gasteiger partial charge in [0.25, 0.3) is 0 Å². The van der Waals surface area contributed by atoms with Crippen LogP contribution in [0.4, 0.5) is 35.1 Å². The number of benzene rings is 3. The Hall–Kier alpha value is -2.92. The van der Waals surface area contributed by atoms with Crippen molar-refractivity contribution in [1.29, 1.82) is 0 Å². The second-order valence-electron chi connectivity index (χ2n) is 12.4. The molecule has 2 unspecified atom stereocenters. The van der Waals surface area contributed by atoms with Crippen molar-refractivity contribution >= 4 is 21.0 Å². The maximum absolute atomic E-state index is 14.3. The van der Waals surface area contributed by atoms with Crippen LogP contribution in [0.5, 0.6) is 5.75 Å². The molecule has 0 aliphatic carbocycles. The highest BCUT2D eigenvalue weighted by Crippen LogP contribution is 2.49. The molecule has 0 amide bonds. The van der Waals surface area contributed by atoms with E-state index in [0.29, 0.717) is 14.7 Å². The van der Waals surface area contributed by atoms with Gasteiger partial charge in [-0.25, -0.2) is 0 Å². The first-order valence-corrected chi connectivity index (χ1v) is 17.0. The quantitative estimate of drug-likeness (QED) is 0.142. The molecule has 1 aliphatic rings. The van der Waals surface area contributed by atoms with Gasteiger partial charge in [-0.1, -0.05) is 45.0 Å². The maximum Gasteiger partial charge on any atom is 0.405 e. The third kappa shape index (κ3) is 7.32. The molecule has 48 heavy (non-hydrogen) atoms. The average molecular weight is 730 g/mol. The van der Waals surface area contributed by atoms with Crippen molar-refractivity contribution in [2.24, 2.45) is 0 Å². The SMILES string of the molecule is CC(Oc1ccc([S+](c2ccc(C(C)(C)C)cc2)c2cccc(C3(C)OCC(F)(F)C(F)(F)C(F)(F)CO3)c2)cc1)C(F)(F)S(=O)(=O)O. The van der Waals surface area contributed by atoms with Gasteiger partial charge < -0.3 is 14.2 Å². The normalized spacial score (nSPS) is 20.6. The molecule has 0 aromatic heterocycles. The zero-order valence-electron chi connectivity index (χ0n) is 26.2. The Labute approximate surface area is 275 Å². The molecule has 1 N–H and O–H groups in total.